The van der Waals surface area contributed by atoms with E-state index in [0.29, 0.717) is 10.7 Å². The summed E-state index contributed by atoms with van der Waals surface area (Å²) in [6.45, 7) is 3.83. The number of amides is 1. The minimum atomic E-state index is -0.188. The van der Waals surface area contributed by atoms with E-state index in [1.54, 1.807) is 19.1 Å². The van der Waals surface area contributed by atoms with Crippen LogP contribution in [-0.2, 0) is 0 Å². The molecule has 98 valence electrons. The first-order chi connectivity index (χ1) is 8.95. The van der Waals surface area contributed by atoms with Gasteiger partial charge >= 0.3 is 0 Å². The quantitative estimate of drug-likeness (QED) is 0.620. The Balaban J connectivity index is 2.22. The first-order valence-corrected chi connectivity index (χ1v) is 7.13. The van der Waals surface area contributed by atoms with Gasteiger partial charge in [-0.3, -0.25) is 4.79 Å². The lowest BCUT2D eigenvalue weighted by Crippen LogP contribution is -2.12. The zero-order valence-corrected chi connectivity index (χ0v) is 13.4. The van der Waals surface area contributed by atoms with Gasteiger partial charge in [0.1, 0.15) is 5.15 Å². The average molecular weight is 387 g/mol. The van der Waals surface area contributed by atoms with Crippen molar-refractivity contribution in [2.24, 2.45) is 0 Å². The fourth-order valence-corrected chi connectivity index (χ4v) is 2.40. The third-order valence-electron chi connectivity index (χ3n) is 2.61. The summed E-state index contributed by atoms with van der Waals surface area (Å²) in [5, 5.41) is 3.17. The molecule has 0 spiro atoms. The Morgan fingerprint density at radius 2 is 2.00 bits per heavy atom. The Bertz CT molecular complexity index is 623. The van der Waals surface area contributed by atoms with Crippen molar-refractivity contribution >= 4 is 45.8 Å². The van der Waals surface area contributed by atoms with Crippen molar-refractivity contribution in [2.45, 2.75) is 13.8 Å². The highest BCUT2D eigenvalue weighted by atomic mass is 127. The minimum absolute atomic E-state index is 0.188. The Morgan fingerprint density at radius 1 is 1.26 bits per heavy atom. The smallest absolute Gasteiger partial charge is 0.255 e. The van der Waals surface area contributed by atoms with Crippen molar-refractivity contribution in [3.63, 3.8) is 0 Å². The molecule has 1 aromatic carbocycles. The molecule has 0 saturated heterocycles. The molecule has 19 heavy (non-hydrogen) atoms. The van der Waals surface area contributed by atoms with Crippen LogP contribution >= 0.6 is 34.2 Å². The second-order valence-corrected chi connectivity index (χ2v) is 5.79. The van der Waals surface area contributed by atoms with E-state index in [1.807, 2.05) is 25.1 Å². The molecule has 1 N–H and O–H groups in total. The Hall–Kier alpha value is -1.14. The molecule has 0 saturated carbocycles. The molecule has 1 aromatic heterocycles. The zero-order valence-electron chi connectivity index (χ0n) is 10.5. The molecular weight excluding hydrogens is 375 g/mol. The number of hydrogen-bond donors (Lipinski definition) is 1. The van der Waals surface area contributed by atoms with E-state index in [-0.39, 0.29) is 5.91 Å². The predicted octanol–water partition coefficient (Wildman–Crippen LogP) is 4.21. The molecule has 0 aliphatic rings. The largest absolute Gasteiger partial charge is 0.322 e. The van der Waals surface area contributed by atoms with Crippen LogP contribution in [0.2, 0.25) is 5.15 Å². The van der Waals surface area contributed by atoms with Gasteiger partial charge in [0.25, 0.3) is 5.91 Å². The van der Waals surface area contributed by atoms with Gasteiger partial charge < -0.3 is 5.32 Å². The Morgan fingerprint density at radius 3 is 2.63 bits per heavy atom. The zero-order chi connectivity index (χ0) is 14.0. The molecule has 0 fully saturated rings. The van der Waals surface area contributed by atoms with Crippen molar-refractivity contribution in [1.82, 2.24) is 4.98 Å². The second kappa shape index (κ2) is 5.88. The van der Waals surface area contributed by atoms with E-state index in [9.17, 15) is 4.79 Å². The van der Waals surface area contributed by atoms with E-state index >= 15 is 0 Å². The van der Waals surface area contributed by atoms with Crippen LogP contribution < -0.4 is 5.32 Å². The molecule has 1 amide bonds. The van der Waals surface area contributed by atoms with Crippen molar-refractivity contribution in [1.29, 1.82) is 0 Å². The lowest BCUT2D eigenvalue weighted by molar-refractivity contribution is 0.102. The Labute approximate surface area is 130 Å². The molecule has 1 heterocycles. The summed E-state index contributed by atoms with van der Waals surface area (Å²) in [5.41, 5.74) is 3.18. The molecule has 0 radical (unpaired) electrons. The van der Waals surface area contributed by atoms with Gasteiger partial charge in [-0.15, -0.1) is 0 Å². The summed E-state index contributed by atoms with van der Waals surface area (Å²) in [6.07, 6.45) is 0. The number of nitrogens with zero attached hydrogens (tertiary/aromatic N) is 1. The highest BCUT2D eigenvalue weighted by molar-refractivity contribution is 14.1. The van der Waals surface area contributed by atoms with Crippen LogP contribution in [0.1, 0.15) is 21.6 Å². The van der Waals surface area contributed by atoms with Crippen molar-refractivity contribution in [3.05, 3.63) is 55.9 Å². The fraction of sp³-hybridized carbons (Fsp3) is 0.143. The van der Waals surface area contributed by atoms with Crippen LogP contribution in [0, 0.1) is 17.4 Å². The number of benzene rings is 1. The maximum atomic E-state index is 12.1. The normalized spacial score (nSPS) is 10.3. The van der Waals surface area contributed by atoms with Gasteiger partial charge in [0.15, 0.2) is 0 Å². The fourth-order valence-electron chi connectivity index (χ4n) is 1.63. The number of aromatic nitrogens is 1. The molecule has 3 nitrogen and oxygen atoms in total. The van der Waals surface area contributed by atoms with E-state index in [1.165, 1.54) is 5.56 Å². The standard InChI is InChI=1S/C14H12ClIN2O/c1-8-3-4-11(7-12(8)16)18-14(19)10-5-9(2)17-13(15)6-10/h3-7H,1-2H3,(H,18,19). The molecule has 0 bridgehead atoms. The number of carbonyl (C=O) groups is 1. The van der Waals surface area contributed by atoms with Gasteiger partial charge in [0.05, 0.1) is 0 Å². The number of carbonyl (C=O) groups excluding carboxylic acids is 1. The van der Waals surface area contributed by atoms with Crippen molar-refractivity contribution < 1.29 is 4.79 Å². The van der Waals surface area contributed by atoms with Crippen molar-refractivity contribution in [2.75, 3.05) is 5.32 Å². The van der Waals surface area contributed by atoms with Crippen LogP contribution in [-0.4, -0.2) is 10.9 Å². The lowest BCUT2D eigenvalue weighted by Gasteiger charge is -2.08. The number of aryl methyl sites for hydroxylation is 2. The summed E-state index contributed by atoms with van der Waals surface area (Å²) in [4.78, 5) is 16.1. The van der Waals surface area contributed by atoms with Gasteiger partial charge in [0, 0.05) is 20.5 Å². The summed E-state index contributed by atoms with van der Waals surface area (Å²) < 4.78 is 1.11. The first-order valence-electron chi connectivity index (χ1n) is 5.67. The van der Waals surface area contributed by atoms with Crippen LogP contribution in [0.15, 0.2) is 30.3 Å². The summed E-state index contributed by atoms with van der Waals surface area (Å²) in [5.74, 6) is -0.188. The summed E-state index contributed by atoms with van der Waals surface area (Å²) >= 11 is 8.09. The van der Waals surface area contributed by atoms with Gasteiger partial charge in [0.2, 0.25) is 0 Å². The molecule has 0 aliphatic heterocycles. The predicted molar refractivity (Wildman–Crippen MR) is 85.8 cm³/mol. The van der Waals surface area contributed by atoms with E-state index in [0.717, 1.165) is 15.0 Å². The van der Waals surface area contributed by atoms with Crippen LogP contribution in [0.25, 0.3) is 0 Å². The van der Waals surface area contributed by atoms with Gasteiger partial charge in [-0.25, -0.2) is 4.98 Å². The number of hydrogen-bond acceptors (Lipinski definition) is 2. The highest BCUT2D eigenvalue weighted by Crippen LogP contribution is 2.18. The molecule has 0 atom stereocenters. The number of rotatable bonds is 2. The second-order valence-electron chi connectivity index (χ2n) is 4.24. The maximum Gasteiger partial charge on any atom is 0.255 e. The number of pyridine rings is 1. The van der Waals surface area contributed by atoms with E-state index < -0.39 is 0 Å². The van der Waals surface area contributed by atoms with Gasteiger partial charge in [-0.2, -0.15) is 0 Å². The molecule has 5 heteroatoms. The molecular formula is C14H12ClIN2O. The highest BCUT2D eigenvalue weighted by Gasteiger charge is 2.09. The maximum absolute atomic E-state index is 12.1. The third-order valence-corrected chi connectivity index (χ3v) is 3.97. The summed E-state index contributed by atoms with van der Waals surface area (Å²) in [6, 6.07) is 9.06. The number of halogens is 2. The van der Waals surface area contributed by atoms with E-state index in [2.05, 4.69) is 32.9 Å². The van der Waals surface area contributed by atoms with Gasteiger partial charge in [-0.05, 0) is 66.3 Å². The monoisotopic (exact) mass is 386 g/mol. The SMILES string of the molecule is Cc1cc(C(=O)Nc2ccc(C)c(I)c2)cc(Cl)n1. The molecule has 2 rings (SSSR count). The van der Waals surface area contributed by atoms with Crippen LogP contribution in [0.4, 0.5) is 5.69 Å². The third kappa shape index (κ3) is 3.67. The van der Waals surface area contributed by atoms with Crippen molar-refractivity contribution in [3.8, 4) is 0 Å². The molecule has 0 unspecified atom stereocenters. The Kier molecular flexibility index (Phi) is 4.42. The van der Waals surface area contributed by atoms with Crippen LogP contribution in [0.3, 0.4) is 0 Å². The van der Waals surface area contributed by atoms with Gasteiger partial charge in [-0.1, -0.05) is 17.7 Å². The minimum Gasteiger partial charge on any atom is -0.322 e. The number of anilines is 1. The van der Waals surface area contributed by atoms with E-state index in [4.69, 9.17) is 11.6 Å². The first kappa shape index (κ1) is 14.3. The summed E-state index contributed by atoms with van der Waals surface area (Å²) in [7, 11) is 0. The average Bonchev–Trinajstić information content (AvgIpc) is 2.32. The lowest BCUT2D eigenvalue weighted by atomic mass is 10.2. The van der Waals surface area contributed by atoms with Crippen LogP contribution in [0.5, 0.6) is 0 Å². The molecule has 0 aliphatic carbocycles. The molecule has 2 aromatic rings. The topological polar surface area (TPSA) is 42.0 Å². The number of nitrogens with one attached hydrogen (secondary N) is 1.